The molecule has 6 nitrogen and oxygen atoms in total. The third kappa shape index (κ3) is 4.41. The van der Waals surface area contributed by atoms with Gasteiger partial charge >= 0.3 is 6.18 Å². The quantitative estimate of drug-likeness (QED) is 0.316. The van der Waals surface area contributed by atoms with Crippen molar-refractivity contribution in [2.24, 2.45) is 7.05 Å². The van der Waals surface area contributed by atoms with Crippen LogP contribution >= 0.6 is 0 Å². The van der Waals surface area contributed by atoms with E-state index in [9.17, 15) is 13.2 Å². The molecular formula is C26H23F3N6. The van der Waals surface area contributed by atoms with Crippen molar-refractivity contribution in [1.29, 1.82) is 0 Å². The smallest absolute Gasteiger partial charge is 0.333 e. The molecule has 2 aromatic carbocycles. The molecule has 0 atom stereocenters. The Labute approximate surface area is 200 Å². The van der Waals surface area contributed by atoms with E-state index in [0.717, 1.165) is 28.7 Å². The normalized spacial score (nSPS) is 12.1. The van der Waals surface area contributed by atoms with Gasteiger partial charge < -0.3 is 4.57 Å². The average Bonchev–Trinajstić information content (AvgIpc) is 3.43. The maximum atomic E-state index is 13.0. The van der Waals surface area contributed by atoms with Gasteiger partial charge in [-0.2, -0.15) is 13.2 Å². The number of hydrogen-bond donors (Lipinski definition) is 0. The van der Waals surface area contributed by atoms with Crippen LogP contribution in [0.15, 0.2) is 67.1 Å². The molecule has 0 radical (unpaired) electrons. The summed E-state index contributed by atoms with van der Waals surface area (Å²) in [4.78, 5) is 8.14. The number of alkyl halides is 3. The first-order valence-electron chi connectivity index (χ1n) is 11.2. The molecule has 0 aliphatic carbocycles. The Morgan fingerprint density at radius 3 is 2.37 bits per heavy atom. The lowest BCUT2D eigenvalue weighted by molar-refractivity contribution is -0.140. The zero-order valence-electron chi connectivity index (χ0n) is 19.5. The molecule has 0 amide bonds. The van der Waals surface area contributed by atoms with Crippen molar-refractivity contribution in [1.82, 2.24) is 29.1 Å². The van der Waals surface area contributed by atoms with Crippen molar-refractivity contribution in [3.8, 4) is 22.6 Å². The highest BCUT2D eigenvalue weighted by molar-refractivity contribution is 5.64. The van der Waals surface area contributed by atoms with Crippen molar-refractivity contribution in [2.75, 3.05) is 0 Å². The van der Waals surface area contributed by atoms with E-state index in [1.165, 1.54) is 10.1 Å². The van der Waals surface area contributed by atoms with E-state index in [0.29, 0.717) is 23.7 Å². The summed E-state index contributed by atoms with van der Waals surface area (Å²) >= 11 is 0. The van der Waals surface area contributed by atoms with E-state index in [-0.39, 0.29) is 5.82 Å². The lowest BCUT2D eigenvalue weighted by atomic mass is 9.96. The van der Waals surface area contributed by atoms with Crippen LogP contribution in [0.2, 0.25) is 0 Å². The van der Waals surface area contributed by atoms with Gasteiger partial charge in [-0.25, -0.2) is 9.97 Å². The van der Waals surface area contributed by atoms with Crippen LogP contribution in [-0.2, 0) is 19.6 Å². The van der Waals surface area contributed by atoms with Crippen molar-refractivity contribution < 1.29 is 13.2 Å². The predicted molar refractivity (Wildman–Crippen MR) is 127 cm³/mol. The molecule has 0 aliphatic rings. The van der Waals surface area contributed by atoms with Crippen molar-refractivity contribution in [2.45, 2.75) is 32.4 Å². The summed E-state index contributed by atoms with van der Waals surface area (Å²) in [6.45, 7) is 4.29. The topological polar surface area (TPSA) is 60.9 Å². The van der Waals surface area contributed by atoms with E-state index in [1.54, 1.807) is 25.4 Å². The maximum Gasteiger partial charge on any atom is 0.434 e. The molecule has 5 rings (SSSR count). The van der Waals surface area contributed by atoms with E-state index in [2.05, 4.69) is 40.1 Å². The van der Waals surface area contributed by atoms with Crippen LogP contribution in [-0.4, -0.2) is 29.1 Å². The summed E-state index contributed by atoms with van der Waals surface area (Å²) in [5.41, 5.74) is 4.63. The minimum atomic E-state index is -4.48. The molecule has 3 aromatic heterocycles. The number of aromatic nitrogens is 6. The molecule has 0 aliphatic heterocycles. The van der Waals surface area contributed by atoms with Crippen molar-refractivity contribution >= 4 is 5.78 Å². The zero-order chi connectivity index (χ0) is 24.7. The summed E-state index contributed by atoms with van der Waals surface area (Å²) in [6.07, 6.45) is 0.818. The zero-order valence-corrected chi connectivity index (χ0v) is 19.5. The van der Waals surface area contributed by atoms with Crippen molar-refractivity contribution in [3.63, 3.8) is 0 Å². The van der Waals surface area contributed by atoms with Gasteiger partial charge in [0.1, 0.15) is 11.5 Å². The van der Waals surface area contributed by atoms with Crippen LogP contribution in [0.4, 0.5) is 13.2 Å². The molecule has 9 heteroatoms. The molecule has 0 N–H and O–H groups in total. The number of hydrogen-bond acceptors (Lipinski definition) is 4. The van der Waals surface area contributed by atoms with Gasteiger partial charge in [-0.1, -0.05) is 62.4 Å². The van der Waals surface area contributed by atoms with Crippen LogP contribution in [0, 0.1) is 0 Å². The molecule has 178 valence electrons. The van der Waals surface area contributed by atoms with E-state index < -0.39 is 11.9 Å². The lowest BCUT2D eigenvalue weighted by Gasteiger charge is -2.12. The Kier molecular flexibility index (Phi) is 5.62. The average molecular weight is 477 g/mol. The second kappa shape index (κ2) is 8.65. The number of rotatable bonds is 5. The second-order valence-electron chi connectivity index (χ2n) is 8.81. The molecular weight excluding hydrogens is 453 g/mol. The Hall–Kier alpha value is -4.01. The van der Waals surface area contributed by atoms with Crippen molar-refractivity contribution in [3.05, 3.63) is 89.6 Å². The SMILES string of the molecule is CC(C)c1ccccc1-c1cn2c(Cc3ccc(-c4nc(C(F)(F)F)cn4C)cc3)cnc2nn1. The van der Waals surface area contributed by atoms with Gasteiger partial charge in [-0.15, -0.1) is 10.2 Å². The van der Waals surface area contributed by atoms with E-state index >= 15 is 0 Å². The fourth-order valence-electron chi connectivity index (χ4n) is 4.19. The van der Waals surface area contributed by atoms with Gasteiger partial charge in [0.2, 0.25) is 0 Å². The number of benzene rings is 2. The Morgan fingerprint density at radius 1 is 0.943 bits per heavy atom. The molecule has 3 heterocycles. The van der Waals surface area contributed by atoms with Gasteiger partial charge in [0.15, 0.2) is 5.69 Å². The van der Waals surface area contributed by atoms with Gasteiger partial charge in [-0.05, 0) is 17.0 Å². The molecule has 0 saturated carbocycles. The predicted octanol–water partition coefficient (Wildman–Crippen LogP) is 5.92. The standard InChI is InChI=1S/C26H23F3N6/c1-16(2)20-6-4-5-7-21(20)22-14-35-19(13-30-25(35)33-32-22)12-17-8-10-18(11-9-17)24-31-23(15-34(24)3)26(27,28)29/h4-11,13-16H,12H2,1-3H3. The second-order valence-corrected chi connectivity index (χ2v) is 8.81. The number of fused-ring (bicyclic) bond motifs is 1. The highest BCUT2D eigenvalue weighted by Gasteiger charge is 2.34. The van der Waals surface area contributed by atoms with Crippen LogP contribution in [0.3, 0.4) is 0 Å². The first-order chi connectivity index (χ1) is 16.7. The van der Waals surface area contributed by atoms with Crippen LogP contribution < -0.4 is 0 Å². The highest BCUT2D eigenvalue weighted by atomic mass is 19.4. The molecule has 0 fully saturated rings. The number of aryl methyl sites for hydroxylation is 1. The summed E-state index contributed by atoms with van der Waals surface area (Å²) in [5.74, 6) is 1.12. The monoisotopic (exact) mass is 476 g/mol. The van der Waals surface area contributed by atoms with Gasteiger partial charge in [-0.3, -0.25) is 4.40 Å². The van der Waals surface area contributed by atoms with E-state index in [4.69, 9.17) is 0 Å². The molecule has 0 bridgehead atoms. The minimum Gasteiger partial charge on any atom is -0.333 e. The largest absolute Gasteiger partial charge is 0.434 e. The third-order valence-corrected chi connectivity index (χ3v) is 5.98. The molecule has 0 saturated heterocycles. The van der Waals surface area contributed by atoms with Gasteiger partial charge in [0.05, 0.1) is 6.20 Å². The molecule has 35 heavy (non-hydrogen) atoms. The summed E-state index contributed by atoms with van der Waals surface area (Å²) in [5, 5.41) is 8.70. The molecule has 0 unspecified atom stereocenters. The fourth-order valence-corrected chi connectivity index (χ4v) is 4.19. The number of halogens is 3. The van der Waals surface area contributed by atoms with Gasteiger partial charge in [0, 0.05) is 42.7 Å². The summed E-state index contributed by atoms with van der Waals surface area (Å²) < 4.78 is 42.3. The number of nitrogens with zero attached hydrogens (tertiary/aromatic N) is 6. The highest BCUT2D eigenvalue weighted by Crippen LogP contribution is 2.31. The third-order valence-electron chi connectivity index (χ3n) is 5.98. The van der Waals surface area contributed by atoms with E-state index in [1.807, 2.05) is 40.9 Å². The molecule has 0 spiro atoms. The van der Waals surface area contributed by atoms with Crippen LogP contribution in [0.25, 0.3) is 28.4 Å². The Bertz CT molecular complexity index is 1500. The minimum absolute atomic E-state index is 0.266. The first-order valence-corrected chi connectivity index (χ1v) is 11.2. The van der Waals surface area contributed by atoms with Crippen LogP contribution in [0.1, 0.15) is 42.3 Å². The fraction of sp³-hybridized carbons (Fsp3) is 0.231. The summed E-state index contributed by atoms with van der Waals surface area (Å²) in [6, 6.07) is 15.5. The first kappa shape index (κ1) is 22.8. The Morgan fingerprint density at radius 2 is 1.69 bits per heavy atom. The number of imidazole rings is 2. The summed E-state index contributed by atoms with van der Waals surface area (Å²) in [7, 11) is 1.56. The van der Waals surface area contributed by atoms with Crippen LogP contribution in [0.5, 0.6) is 0 Å². The Balaban J connectivity index is 1.44. The molecule has 5 aromatic rings. The van der Waals surface area contributed by atoms with Gasteiger partial charge in [0.25, 0.3) is 5.78 Å². The maximum absolute atomic E-state index is 13.0. The lowest BCUT2D eigenvalue weighted by Crippen LogP contribution is -2.04.